The zero-order valence-electron chi connectivity index (χ0n) is 19.5. The second-order valence-electron chi connectivity index (χ2n) is 9.41. The SMILES string of the molecule is Cc1c(-c2[nH]c3cc(C4CCN(CC(N)=O)CC4)sc3c2C(C)C)ccc2nn(C)c(=O)n12. The number of likely N-dealkylation sites (tertiary alicyclic amines) is 1. The van der Waals surface area contributed by atoms with Crippen LogP contribution in [0.5, 0.6) is 0 Å². The van der Waals surface area contributed by atoms with E-state index in [9.17, 15) is 9.59 Å². The number of piperidine rings is 1. The van der Waals surface area contributed by atoms with Crippen LogP contribution < -0.4 is 11.4 Å². The predicted molar refractivity (Wildman–Crippen MR) is 132 cm³/mol. The van der Waals surface area contributed by atoms with Crippen molar-refractivity contribution in [3.05, 3.63) is 44.8 Å². The summed E-state index contributed by atoms with van der Waals surface area (Å²) in [6.07, 6.45) is 2.08. The number of amides is 1. The zero-order valence-corrected chi connectivity index (χ0v) is 20.3. The summed E-state index contributed by atoms with van der Waals surface area (Å²) in [5, 5.41) is 4.31. The van der Waals surface area contributed by atoms with Gasteiger partial charge in [0.05, 0.1) is 22.5 Å². The Hall–Kier alpha value is -2.91. The number of nitrogens with zero attached hydrogens (tertiary/aromatic N) is 4. The number of fused-ring (bicyclic) bond motifs is 2. The summed E-state index contributed by atoms with van der Waals surface area (Å²) < 4.78 is 4.36. The molecule has 3 N–H and O–H groups in total. The fourth-order valence-electron chi connectivity index (χ4n) is 5.15. The molecule has 0 aliphatic carbocycles. The Morgan fingerprint density at radius 1 is 1.30 bits per heavy atom. The molecule has 1 fully saturated rings. The fourth-order valence-corrected chi connectivity index (χ4v) is 6.63. The molecule has 1 amide bonds. The molecule has 4 aromatic rings. The van der Waals surface area contributed by atoms with E-state index in [0.717, 1.165) is 48.4 Å². The molecule has 5 rings (SSSR count). The van der Waals surface area contributed by atoms with Crippen LogP contribution in [0.3, 0.4) is 0 Å². The molecule has 174 valence electrons. The minimum absolute atomic E-state index is 0.131. The highest BCUT2D eigenvalue weighted by Gasteiger charge is 2.26. The van der Waals surface area contributed by atoms with E-state index >= 15 is 0 Å². The van der Waals surface area contributed by atoms with Gasteiger partial charge in [-0.2, -0.15) is 5.10 Å². The lowest BCUT2D eigenvalue weighted by Crippen LogP contribution is -2.38. The summed E-state index contributed by atoms with van der Waals surface area (Å²) in [4.78, 5) is 31.1. The van der Waals surface area contributed by atoms with Crippen LogP contribution in [0, 0.1) is 6.92 Å². The maximum absolute atomic E-state index is 12.6. The van der Waals surface area contributed by atoms with Gasteiger partial charge in [0.15, 0.2) is 5.65 Å². The van der Waals surface area contributed by atoms with E-state index in [1.807, 2.05) is 24.3 Å². The maximum Gasteiger partial charge on any atom is 0.350 e. The van der Waals surface area contributed by atoms with Gasteiger partial charge >= 0.3 is 5.69 Å². The Bertz CT molecular complexity index is 1410. The standard InChI is InChI=1S/C24H30N6O2S/c1-13(2)21-22(16-5-6-20-27-28(4)24(32)30(20)14(16)3)26-17-11-18(33-23(17)21)15-7-9-29(10-8-15)12-19(25)31/h5-6,11,13,15,26H,7-10,12H2,1-4H3,(H2,25,31). The van der Waals surface area contributed by atoms with Crippen LogP contribution in [-0.4, -0.2) is 49.6 Å². The van der Waals surface area contributed by atoms with Gasteiger partial charge in [0.25, 0.3) is 0 Å². The molecule has 33 heavy (non-hydrogen) atoms. The van der Waals surface area contributed by atoms with E-state index in [4.69, 9.17) is 5.73 Å². The van der Waals surface area contributed by atoms with Crippen molar-refractivity contribution in [1.29, 1.82) is 0 Å². The Morgan fingerprint density at radius 2 is 2.03 bits per heavy atom. The number of hydrogen-bond acceptors (Lipinski definition) is 5. The molecule has 1 saturated heterocycles. The predicted octanol–water partition coefficient (Wildman–Crippen LogP) is 3.34. The van der Waals surface area contributed by atoms with E-state index in [1.54, 1.807) is 11.4 Å². The van der Waals surface area contributed by atoms with Gasteiger partial charge in [0.2, 0.25) is 5.91 Å². The minimum Gasteiger partial charge on any atom is -0.369 e. The number of nitrogens with one attached hydrogen (secondary N) is 1. The summed E-state index contributed by atoms with van der Waals surface area (Å²) in [5.41, 5.74) is 11.4. The molecule has 9 heteroatoms. The normalized spacial score (nSPS) is 15.9. The van der Waals surface area contributed by atoms with Crippen LogP contribution in [0.15, 0.2) is 23.0 Å². The van der Waals surface area contributed by atoms with Crippen LogP contribution in [0.1, 0.15) is 54.7 Å². The Labute approximate surface area is 196 Å². The first-order valence-electron chi connectivity index (χ1n) is 11.5. The Morgan fingerprint density at radius 3 is 2.70 bits per heavy atom. The van der Waals surface area contributed by atoms with Gasteiger partial charge in [0.1, 0.15) is 0 Å². The minimum atomic E-state index is -0.256. The van der Waals surface area contributed by atoms with Crippen molar-refractivity contribution >= 4 is 33.1 Å². The average molecular weight is 467 g/mol. The summed E-state index contributed by atoms with van der Waals surface area (Å²) >= 11 is 1.88. The van der Waals surface area contributed by atoms with Gasteiger partial charge in [-0.05, 0) is 68.5 Å². The quantitative estimate of drug-likeness (QED) is 0.471. The largest absolute Gasteiger partial charge is 0.369 e. The number of aromatic amines is 1. The second kappa shape index (κ2) is 8.14. The number of hydrogen-bond donors (Lipinski definition) is 2. The van der Waals surface area contributed by atoms with Crippen molar-refractivity contribution in [2.24, 2.45) is 12.8 Å². The maximum atomic E-state index is 12.6. The summed E-state index contributed by atoms with van der Waals surface area (Å²) in [6.45, 7) is 8.58. The molecule has 1 aliphatic rings. The molecule has 5 heterocycles. The van der Waals surface area contributed by atoms with Crippen LogP contribution in [0.4, 0.5) is 0 Å². The van der Waals surface area contributed by atoms with Crippen LogP contribution in [-0.2, 0) is 11.8 Å². The molecule has 1 aliphatic heterocycles. The van der Waals surface area contributed by atoms with Gasteiger partial charge in [-0.25, -0.2) is 13.9 Å². The number of carbonyl (C=O) groups excluding carboxylic acids is 1. The smallest absolute Gasteiger partial charge is 0.350 e. The molecule has 0 radical (unpaired) electrons. The lowest BCUT2D eigenvalue weighted by Gasteiger charge is -2.30. The number of rotatable bonds is 5. The van der Waals surface area contributed by atoms with Crippen LogP contribution in [0.25, 0.3) is 27.1 Å². The van der Waals surface area contributed by atoms with Gasteiger partial charge in [-0.3, -0.25) is 9.69 Å². The first-order valence-corrected chi connectivity index (χ1v) is 12.3. The Kier molecular flexibility index (Phi) is 5.41. The molecule has 0 saturated carbocycles. The number of aromatic nitrogens is 4. The van der Waals surface area contributed by atoms with Crippen molar-refractivity contribution in [3.63, 3.8) is 0 Å². The van der Waals surface area contributed by atoms with E-state index in [2.05, 4.69) is 41.0 Å². The van der Waals surface area contributed by atoms with Crippen molar-refractivity contribution < 1.29 is 4.79 Å². The van der Waals surface area contributed by atoms with Gasteiger partial charge in [-0.1, -0.05) is 13.8 Å². The number of pyridine rings is 1. The van der Waals surface area contributed by atoms with E-state index in [1.165, 1.54) is 19.8 Å². The fraction of sp³-hybridized carbons (Fsp3) is 0.458. The summed E-state index contributed by atoms with van der Waals surface area (Å²) in [6, 6.07) is 6.27. The summed E-state index contributed by atoms with van der Waals surface area (Å²) in [7, 11) is 1.68. The molecule has 0 spiro atoms. The van der Waals surface area contributed by atoms with E-state index in [0.29, 0.717) is 24.0 Å². The lowest BCUT2D eigenvalue weighted by molar-refractivity contribution is -0.119. The van der Waals surface area contributed by atoms with Crippen molar-refractivity contribution in [2.75, 3.05) is 19.6 Å². The third kappa shape index (κ3) is 3.69. The molecular weight excluding hydrogens is 436 g/mol. The molecular formula is C24H30N6O2S. The number of thiophene rings is 1. The monoisotopic (exact) mass is 466 g/mol. The van der Waals surface area contributed by atoms with Gasteiger partial charge < -0.3 is 10.7 Å². The third-order valence-corrected chi connectivity index (χ3v) is 8.15. The van der Waals surface area contributed by atoms with Crippen molar-refractivity contribution in [3.8, 4) is 11.3 Å². The molecule has 0 atom stereocenters. The molecule has 0 bridgehead atoms. The highest BCUT2D eigenvalue weighted by Crippen LogP contribution is 2.43. The van der Waals surface area contributed by atoms with E-state index in [-0.39, 0.29) is 11.6 Å². The van der Waals surface area contributed by atoms with Gasteiger partial charge in [-0.15, -0.1) is 11.3 Å². The van der Waals surface area contributed by atoms with Crippen LogP contribution in [0.2, 0.25) is 0 Å². The average Bonchev–Trinajstić information content (AvgIpc) is 3.39. The number of H-pyrrole nitrogens is 1. The lowest BCUT2D eigenvalue weighted by atomic mass is 9.95. The highest BCUT2D eigenvalue weighted by atomic mass is 32.1. The molecule has 0 unspecified atom stereocenters. The summed E-state index contributed by atoms with van der Waals surface area (Å²) in [5.74, 6) is 0.586. The molecule has 0 aromatic carbocycles. The zero-order chi connectivity index (χ0) is 23.4. The number of carbonyl (C=O) groups is 1. The second-order valence-corrected chi connectivity index (χ2v) is 10.5. The Balaban J connectivity index is 1.53. The number of nitrogens with two attached hydrogens (primary N) is 1. The third-order valence-electron chi connectivity index (χ3n) is 6.81. The first kappa shape index (κ1) is 21.9. The first-order chi connectivity index (χ1) is 15.7. The van der Waals surface area contributed by atoms with Crippen LogP contribution >= 0.6 is 11.3 Å². The molecule has 8 nitrogen and oxygen atoms in total. The van der Waals surface area contributed by atoms with E-state index < -0.39 is 0 Å². The number of primary amides is 1. The molecule has 4 aromatic heterocycles. The number of aryl methyl sites for hydroxylation is 2. The van der Waals surface area contributed by atoms with Crippen molar-refractivity contribution in [1.82, 2.24) is 24.1 Å². The van der Waals surface area contributed by atoms with Gasteiger partial charge in [0, 0.05) is 23.2 Å². The van der Waals surface area contributed by atoms with Crippen molar-refractivity contribution in [2.45, 2.75) is 45.4 Å². The topological polar surface area (TPSA) is 101 Å². The highest BCUT2D eigenvalue weighted by molar-refractivity contribution is 7.19.